The molecule has 0 spiro atoms. The lowest BCUT2D eigenvalue weighted by molar-refractivity contribution is -0.117. The number of nitrogens with one attached hydrogen (secondary N) is 2. The molecule has 0 aromatic heterocycles. The van der Waals surface area contributed by atoms with E-state index in [1.54, 1.807) is 14.2 Å². The minimum atomic E-state index is -0.0622. The van der Waals surface area contributed by atoms with Crippen LogP contribution in [0.2, 0.25) is 0 Å². The Morgan fingerprint density at radius 2 is 1.64 bits per heavy atom. The number of anilines is 1. The topological polar surface area (TPSA) is 68.8 Å². The van der Waals surface area contributed by atoms with E-state index in [2.05, 4.69) is 10.6 Å². The highest BCUT2D eigenvalue weighted by Gasteiger charge is 2.02. The Morgan fingerprint density at radius 3 is 2.27 bits per heavy atom. The van der Waals surface area contributed by atoms with Crippen LogP contribution < -0.4 is 15.4 Å². The van der Waals surface area contributed by atoms with E-state index < -0.39 is 0 Å². The largest absolute Gasteiger partial charge is 0.492 e. The highest BCUT2D eigenvalue weighted by Crippen LogP contribution is 2.15. The second kappa shape index (κ2) is 13.3. The van der Waals surface area contributed by atoms with Gasteiger partial charge in [-0.2, -0.15) is 0 Å². The van der Waals surface area contributed by atoms with Crippen LogP contribution in [0.1, 0.15) is 6.42 Å². The van der Waals surface area contributed by atoms with E-state index >= 15 is 0 Å². The number of carbonyl (C=O) groups is 1. The maximum atomic E-state index is 11.5. The predicted molar refractivity (Wildman–Crippen MR) is 89.1 cm³/mol. The fourth-order valence-electron chi connectivity index (χ4n) is 1.59. The van der Waals surface area contributed by atoms with Crippen LogP contribution in [0.25, 0.3) is 0 Å². The number of amides is 1. The first-order valence-electron chi connectivity index (χ1n) is 6.97. The summed E-state index contributed by atoms with van der Waals surface area (Å²) in [5.74, 6) is 0.714. The van der Waals surface area contributed by atoms with E-state index in [4.69, 9.17) is 14.2 Å². The summed E-state index contributed by atoms with van der Waals surface area (Å²) in [6.45, 7) is 3.27. The van der Waals surface area contributed by atoms with Crippen molar-refractivity contribution in [2.45, 2.75) is 6.42 Å². The van der Waals surface area contributed by atoms with Gasteiger partial charge in [0.2, 0.25) is 5.91 Å². The Bertz CT molecular complexity index is 401. The van der Waals surface area contributed by atoms with Crippen molar-refractivity contribution in [1.29, 1.82) is 0 Å². The SMILES string of the molecule is COCCNCCOc1ccc(NC(=O)CCOC)cc1.Cl. The molecule has 2 N–H and O–H groups in total. The summed E-state index contributed by atoms with van der Waals surface area (Å²) < 4.78 is 15.4. The maximum Gasteiger partial charge on any atom is 0.226 e. The van der Waals surface area contributed by atoms with Gasteiger partial charge >= 0.3 is 0 Å². The van der Waals surface area contributed by atoms with Crippen LogP contribution in [0.15, 0.2) is 24.3 Å². The van der Waals surface area contributed by atoms with Gasteiger partial charge in [0.05, 0.1) is 19.6 Å². The Hall–Kier alpha value is -1.34. The summed E-state index contributed by atoms with van der Waals surface area (Å²) in [7, 11) is 3.25. The standard InChI is InChI=1S/C15H24N2O4.ClH/c1-19-10-7-15(18)17-13-3-5-14(6-4-13)21-12-9-16-8-11-20-2;/h3-6,16H,7-12H2,1-2H3,(H,17,18);1H. The molecule has 1 aromatic rings. The fraction of sp³-hybridized carbons (Fsp3) is 0.533. The Kier molecular flexibility index (Phi) is 12.5. The van der Waals surface area contributed by atoms with Crippen molar-refractivity contribution in [3.05, 3.63) is 24.3 Å². The number of halogens is 1. The van der Waals surface area contributed by atoms with Crippen molar-refractivity contribution < 1.29 is 19.0 Å². The van der Waals surface area contributed by atoms with Crippen LogP contribution in [0, 0.1) is 0 Å². The highest BCUT2D eigenvalue weighted by atomic mass is 35.5. The Labute approximate surface area is 137 Å². The van der Waals surface area contributed by atoms with Gasteiger partial charge in [-0.1, -0.05) is 0 Å². The van der Waals surface area contributed by atoms with Crippen molar-refractivity contribution in [2.24, 2.45) is 0 Å². The average molecular weight is 333 g/mol. The fourth-order valence-corrected chi connectivity index (χ4v) is 1.59. The monoisotopic (exact) mass is 332 g/mol. The number of rotatable bonds is 11. The van der Waals surface area contributed by atoms with E-state index in [0.717, 1.165) is 24.5 Å². The number of hydrogen-bond donors (Lipinski definition) is 2. The van der Waals surface area contributed by atoms with Gasteiger partial charge in [0.25, 0.3) is 0 Å². The normalized spacial score (nSPS) is 9.91. The molecule has 1 amide bonds. The second-order valence-electron chi connectivity index (χ2n) is 4.41. The molecule has 1 aromatic carbocycles. The predicted octanol–water partition coefficient (Wildman–Crippen LogP) is 1.70. The van der Waals surface area contributed by atoms with Crippen LogP contribution in [0.5, 0.6) is 5.75 Å². The van der Waals surface area contributed by atoms with Gasteiger partial charge in [-0.15, -0.1) is 12.4 Å². The van der Waals surface area contributed by atoms with Gasteiger partial charge < -0.3 is 24.8 Å². The number of carbonyl (C=O) groups excluding carboxylic acids is 1. The molecule has 0 atom stereocenters. The molecule has 0 aliphatic carbocycles. The van der Waals surface area contributed by atoms with Gasteiger partial charge in [-0.05, 0) is 24.3 Å². The third-order valence-corrected chi connectivity index (χ3v) is 2.70. The van der Waals surface area contributed by atoms with Gasteiger partial charge in [0.15, 0.2) is 0 Å². The third kappa shape index (κ3) is 9.57. The Balaban J connectivity index is 0.00000441. The van der Waals surface area contributed by atoms with Gasteiger partial charge in [0.1, 0.15) is 12.4 Å². The van der Waals surface area contributed by atoms with Crippen molar-refractivity contribution in [1.82, 2.24) is 5.32 Å². The molecule has 0 bridgehead atoms. The molecule has 7 heteroatoms. The molecule has 0 heterocycles. The first-order chi connectivity index (χ1) is 10.3. The van der Waals surface area contributed by atoms with E-state index in [0.29, 0.717) is 26.2 Å². The minimum Gasteiger partial charge on any atom is -0.492 e. The van der Waals surface area contributed by atoms with Crippen LogP contribution in [-0.2, 0) is 14.3 Å². The molecule has 22 heavy (non-hydrogen) atoms. The maximum absolute atomic E-state index is 11.5. The molecule has 0 aliphatic rings. The van der Waals surface area contributed by atoms with Crippen molar-refractivity contribution in [3.8, 4) is 5.75 Å². The van der Waals surface area contributed by atoms with Gasteiger partial charge in [0, 0.05) is 33.0 Å². The van der Waals surface area contributed by atoms with Gasteiger partial charge in [-0.25, -0.2) is 0 Å². The molecular weight excluding hydrogens is 308 g/mol. The molecule has 0 aliphatic heterocycles. The molecule has 1 rings (SSSR count). The van der Waals surface area contributed by atoms with Crippen molar-refractivity contribution in [2.75, 3.05) is 52.4 Å². The first kappa shape index (κ1) is 20.7. The summed E-state index contributed by atoms with van der Waals surface area (Å²) in [4.78, 5) is 11.5. The van der Waals surface area contributed by atoms with Crippen LogP contribution in [-0.4, -0.2) is 53.0 Å². The zero-order valence-corrected chi connectivity index (χ0v) is 13.9. The average Bonchev–Trinajstić information content (AvgIpc) is 2.50. The summed E-state index contributed by atoms with van der Waals surface area (Å²) in [6.07, 6.45) is 0.349. The van der Waals surface area contributed by atoms with Crippen molar-refractivity contribution in [3.63, 3.8) is 0 Å². The summed E-state index contributed by atoms with van der Waals surface area (Å²) in [6, 6.07) is 7.30. The minimum absolute atomic E-state index is 0. The van der Waals surface area contributed by atoms with Gasteiger partial charge in [-0.3, -0.25) is 4.79 Å². The quantitative estimate of drug-likeness (QED) is 0.604. The number of methoxy groups -OCH3 is 2. The highest BCUT2D eigenvalue weighted by molar-refractivity contribution is 5.90. The van der Waals surface area contributed by atoms with E-state index in [-0.39, 0.29) is 18.3 Å². The summed E-state index contributed by atoms with van der Waals surface area (Å²) in [5.41, 5.74) is 0.752. The Morgan fingerprint density at radius 1 is 1.00 bits per heavy atom. The number of ether oxygens (including phenoxy) is 3. The zero-order chi connectivity index (χ0) is 15.3. The third-order valence-electron chi connectivity index (χ3n) is 2.70. The smallest absolute Gasteiger partial charge is 0.226 e. The molecule has 0 fully saturated rings. The molecule has 6 nitrogen and oxygen atoms in total. The molecule has 0 saturated heterocycles. The van der Waals surface area contributed by atoms with E-state index in [1.165, 1.54) is 0 Å². The van der Waals surface area contributed by atoms with Crippen LogP contribution in [0.4, 0.5) is 5.69 Å². The summed E-state index contributed by atoms with van der Waals surface area (Å²) in [5, 5.41) is 5.99. The molecular formula is C15H25ClN2O4. The van der Waals surface area contributed by atoms with E-state index in [9.17, 15) is 4.79 Å². The van der Waals surface area contributed by atoms with Crippen molar-refractivity contribution >= 4 is 24.0 Å². The van der Waals surface area contributed by atoms with Crippen LogP contribution >= 0.6 is 12.4 Å². The second-order valence-corrected chi connectivity index (χ2v) is 4.41. The lowest BCUT2D eigenvalue weighted by Crippen LogP contribution is -2.24. The molecule has 0 saturated carbocycles. The zero-order valence-electron chi connectivity index (χ0n) is 13.1. The van der Waals surface area contributed by atoms with Crippen LogP contribution in [0.3, 0.4) is 0 Å². The molecule has 0 unspecified atom stereocenters. The lowest BCUT2D eigenvalue weighted by Gasteiger charge is -2.09. The number of benzene rings is 1. The first-order valence-corrected chi connectivity index (χ1v) is 6.97. The summed E-state index contributed by atoms with van der Waals surface area (Å²) >= 11 is 0. The molecule has 0 radical (unpaired) electrons. The lowest BCUT2D eigenvalue weighted by atomic mass is 10.3. The number of hydrogen-bond acceptors (Lipinski definition) is 5. The van der Waals surface area contributed by atoms with E-state index in [1.807, 2.05) is 24.3 Å². The molecule has 126 valence electrons.